The molecule has 0 aliphatic rings. The fourth-order valence-corrected chi connectivity index (χ4v) is 5.88. The molecule has 44 heavy (non-hydrogen) atoms. The van der Waals surface area contributed by atoms with Crippen LogP contribution in [0.2, 0.25) is 0 Å². The zero-order chi connectivity index (χ0) is 30.0. The van der Waals surface area contributed by atoms with Crippen LogP contribution < -0.4 is 0 Å². The number of nitrogens with zero attached hydrogens (tertiary/aromatic N) is 2. The summed E-state index contributed by atoms with van der Waals surface area (Å²) in [6.07, 6.45) is 1.97. The van der Waals surface area contributed by atoms with Gasteiger partial charge in [-0.05, 0) is 51.4 Å². The van der Waals surface area contributed by atoms with Gasteiger partial charge >= 0.3 is 0 Å². The molecule has 2 heteroatoms. The summed E-state index contributed by atoms with van der Waals surface area (Å²) >= 11 is 0. The van der Waals surface area contributed by atoms with Gasteiger partial charge < -0.3 is 0 Å². The van der Waals surface area contributed by atoms with E-state index >= 15 is 0 Å². The number of benzene rings is 6. The van der Waals surface area contributed by atoms with Crippen LogP contribution in [0.3, 0.4) is 0 Å². The van der Waals surface area contributed by atoms with Crippen molar-refractivity contribution >= 4 is 11.9 Å². The average molecular weight is 569 g/mol. The van der Waals surface area contributed by atoms with Crippen LogP contribution in [0.15, 0.2) is 180 Å². The quantitative estimate of drug-likeness (QED) is 0.116. The highest BCUT2D eigenvalue weighted by Gasteiger charge is 2.38. The molecule has 0 spiro atoms. The van der Waals surface area contributed by atoms with Crippen molar-refractivity contribution in [2.45, 2.75) is 25.4 Å². The van der Waals surface area contributed by atoms with Crippen LogP contribution in [-0.2, 0) is 18.5 Å². The normalized spacial score (nSPS) is 12.0. The highest BCUT2D eigenvalue weighted by Crippen LogP contribution is 2.45. The van der Waals surface area contributed by atoms with Gasteiger partial charge in [-0.25, -0.2) is 0 Å². The summed E-state index contributed by atoms with van der Waals surface area (Å²) in [5.74, 6) is 0. The van der Waals surface area contributed by atoms with Gasteiger partial charge in [0.25, 0.3) is 0 Å². The lowest BCUT2D eigenvalue weighted by Gasteiger charge is -2.37. The molecule has 0 N–H and O–H groups in total. The molecule has 6 aromatic carbocycles. The molecule has 0 radical (unpaired) electrons. The van der Waals surface area contributed by atoms with Crippen molar-refractivity contribution in [3.8, 4) is 0 Å². The molecule has 0 atom stereocenters. The summed E-state index contributed by atoms with van der Waals surface area (Å²) in [4.78, 5) is 9.59. The second-order valence-corrected chi connectivity index (χ2v) is 11.0. The van der Waals surface area contributed by atoms with Gasteiger partial charge in [-0.3, -0.25) is 9.98 Å². The summed E-state index contributed by atoms with van der Waals surface area (Å²) in [5, 5.41) is 0. The second-order valence-electron chi connectivity index (χ2n) is 11.0. The van der Waals surface area contributed by atoms with Gasteiger partial charge in [-0.2, -0.15) is 0 Å². The standard InChI is InChI=1S/C42H36N2/c1-33(37-16-8-3-9-17-37)44-32-36-24-28-41(29-25-36)42(38-18-10-4-11-19-38,39-20-12-5-13-21-39)40-26-22-35(23-27-40)31-43-30-34-14-6-2-7-15-34/h2-29,31H,30,32H2,1H3. The average Bonchev–Trinajstić information content (AvgIpc) is 3.10. The first-order chi connectivity index (χ1) is 21.7. The Hall–Kier alpha value is -5.34. The van der Waals surface area contributed by atoms with E-state index < -0.39 is 5.41 Å². The smallest absolute Gasteiger partial charge is 0.0701 e. The maximum Gasteiger partial charge on any atom is 0.0701 e. The topological polar surface area (TPSA) is 24.7 Å². The van der Waals surface area contributed by atoms with Gasteiger partial charge in [-0.1, -0.05) is 170 Å². The Morgan fingerprint density at radius 1 is 0.477 bits per heavy atom. The molecule has 6 aromatic rings. The third kappa shape index (κ3) is 6.35. The Balaban J connectivity index is 1.38. The summed E-state index contributed by atoms with van der Waals surface area (Å²) in [6, 6.07) is 60.2. The lowest BCUT2D eigenvalue weighted by Crippen LogP contribution is -2.31. The molecule has 0 unspecified atom stereocenters. The molecule has 0 aliphatic heterocycles. The van der Waals surface area contributed by atoms with E-state index in [2.05, 4.69) is 165 Å². The van der Waals surface area contributed by atoms with Crippen LogP contribution >= 0.6 is 0 Å². The van der Waals surface area contributed by atoms with E-state index in [-0.39, 0.29) is 0 Å². The van der Waals surface area contributed by atoms with Gasteiger partial charge in [0.15, 0.2) is 0 Å². The fraction of sp³-hybridized carbons (Fsp3) is 0.0952. The zero-order valence-corrected chi connectivity index (χ0v) is 25.1. The van der Waals surface area contributed by atoms with Crippen molar-refractivity contribution < 1.29 is 0 Å². The maximum absolute atomic E-state index is 4.89. The molecule has 0 aromatic heterocycles. The summed E-state index contributed by atoms with van der Waals surface area (Å²) < 4.78 is 0. The first kappa shape index (κ1) is 28.8. The molecular weight excluding hydrogens is 532 g/mol. The third-order valence-corrected chi connectivity index (χ3v) is 8.19. The van der Waals surface area contributed by atoms with Gasteiger partial charge in [-0.15, -0.1) is 0 Å². The lowest BCUT2D eigenvalue weighted by molar-refractivity contribution is 0.744. The van der Waals surface area contributed by atoms with E-state index in [0.29, 0.717) is 13.1 Å². The van der Waals surface area contributed by atoms with Gasteiger partial charge in [0.1, 0.15) is 0 Å². The van der Waals surface area contributed by atoms with E-state index in [1.807, 2.05) is 18.3 Å². The highest BCUT2D eigenvalue weighted by molar-refractivity contribution is 5.98. The zero-order valence-electron chi connectivity index (χ0n) is 25.1. The summed E-state index contributed by atoms with van der Waals surface area (Å²) in [7, 11) is 0. The van der Waals surface area contributed by atoms with Crippen molar-refractivity contribution in [3.63, 3.8) is 0 Å². The molecule has 0 saturated heterocycles. The maximum atomic E-state index is 4.89. The Morgan fingerprint density at radius 2 is 0.909 bits per heavy atom. The minimum atomic E-state index is -0.496. The molecule has 2 nitrogen and oxygen atoms in total. The van der Waals surface area contributed by atoms with Crippen LogP contribution in [0.4, 0.5) is 0 Å². The summed E-state index contributed by atoms with van der Waals surface area (Å²) in [6.45, 7) is 3.39. The molecule has 214 valence electrons. The minimum absolute atomic E-state index is 0.496. The van der Waals surface area contributed by atoms with E-state index in [0.717, 1.165) is 16.8 Å². The van der Waals surface area contributed by atoms with Crippen LogP contribution in [0.25, 0.3) is 0 Å². The molecule has 6 rings (SSSR count). The number of hydrogen-bond acceptors (Lipinski definition) is 2. The van der Waals surface area contributed by atoms with Crippen LogP contribution in [0.1, 0.15) is 51.4 Å². The minimum Gasteiger partial charge on any atom is -0.288 e. The molecule has 0 amide bonds. The fourth-order valence-electron chi connectivity index (χ4n) is 5.88. The Labute approximate surface area is 261 Å². The first-order valence-electron chi connectivity index (χ1n) is 15.1. The van der Waals surface area contributed by atoms with Crippen molar-refractivity contribution in [3.05, 3.63) is 214 Å². The third-order valence-electron chi connectivity index (χ3n) is 8.19. The molecule has 0 saturated carbocycles. The largest absolute Gasteiger partial charge is 0.288 e. The Bertz CT molecular complexity index is 1770. The number of hydrogen-bond donors (Lipinski definition) is 0. The molecule has 0 heterocycles. The monoisotopic (exact) mass is 568 g/mol. The van der Waals surface area contributed by atoms with E-state index in [1.54, 1.807) is 0 Å². The first-order valence-corrected chi connectivity index (χ1v) is 15.1. The molecular formula is C42H36N2. The van der Waals surface area contributed by atoms with E-state index in [1.165, 1.54) is 33.4 Å². The SMILES string of the molecule is CC(=NCc1ccc(C(c2ccccc2)(c2ccccc2)c2ccc(C=NCc3ccccc3)cc2)cc1)c1ccccc1. The molecule has 0 fully saturated rings. The lowest BCUT2D eigenvalue weighted by atomic mass is 9.65. The van der Waals surface area contributed by atoms with E-state index in [9.17, 15) is 0 Å². The molecule has 0 aliphatic carbocycles. The van der Waals surface area contributed by atoms with Crippen molar-refractivity contribution in [1.82, 2.24) is 0 Å². The Kier molecular flexibility index (Phi) is 8.99. The van der Waals surface area contributed by atoms with Crippen molar-refractivity contribution in [1.29, 1.82) is 0 Å². The second kappa shape index (κ2) is 13.8. The van der Waals surface area contributed by atoms with Gasteiger partial charge in [0, 0.05) is 11.9 Å². The van der Waals surface area contributed by atoms with Crippen molar-refractivity contribution in [2.24, 2.45) is 9.98 Å². The number of rotatable bonds is 10. The van der Waals surface area contributed by atoms with E-state index in [4.69, 9.17) is 9.98 Å². The van der Waals surface area contributed by atoms with Crippen molar-refractivity contribution in [2.75, 3.05) is 0 Å². The van der Waals surface area contributed by atoms with Gasteiger partial charge in [0.2, 0.25) is 0 Å². The highest BCUT2D eigenvalue weighted by atomic mass is 14.7. The summed E-state index contributed by atoms with van der Waals surface area (Å²) in [5.41, 5.74) is 10.1. The predicted octanol–water partition coefficient (Wildman–Crippen LogP) is 9.70. The molecule has 0 bridgehead atoms. The number of aliphatic imine (C=N–C) groups is 2. The van der Waals surface area contributed by atoms with Gasteiger partial charge in [0.05, 0.1) is 18.5 Å². The van der Waals surface area contributed by atoms with Crippen LogP contribution in [0.5, 0.6) is 0 Å². The Morgan fingerprint density at radius 3 is 1.45 bits per heavy atom. The van der Waals surface area contributed by atoms with Crippen LogP contribution in [0, 0.1) is 0 Å². The predicted molar refractivity (Wildman–Crippen MR) is 185 cm³/mol. The van der Waals surface area contributed by atoms with Crippen LogP contribution in [-0.4, -0.2) is 11.9 Å².